The maximum atomic E-state index is 14.6. The van der Waals surface area contributed by atoms with E-state index in [9.17, 15) is 36.6 Å². The first-order chi connectivity index (χ1) is 14.0. The normalized spacial score (nSPS) is 12.2. The van der Waals surface area contributed by atoms with E-state index < -0.39 is 47.1 Å². The van der Waals surface area contributed by atoms with Gasteiger partial charge in [-0.3, -0.25) is 5.43 Å². The lowest BCUT2D eigenvalue weighted by atomic mass is 9.96. The molecule has 1 atom stereocenters. The number of carbonyl (C=O) groups is 2. The summed E-state index contributed by atoms with van der Waals surface area (Å²) < 4.78 is 68.0. The number of hydrogen-bond donors (Lipinski definition) is 2. The number of alkyl halides is 3. The van der Waals surface area contributed by atoms with E-state index in [0.29, 0.717) is 11.1 Å². The summed E-state index contributed by atoms with van der Waals surface area (Å²) in [7, 11) is 0. The minimum absolute atomic E-state index is 0.0479. The van der Waals surface area contributed by atoms with Gasteiger partial charge in [0.05, 0.1) is 11.6 Å². The van der Waals surface area contributed by atoms with Crippen LogP contribution in [0.1, 0.15) is 31.0 Å². The molecule has 2 rings (SSSR count). The molecular formula is C19H17F5N3O3-. The number of carbonyl (C=O) groups excluding carboxylic acids is 2. The summed E-state index contributed by atoms with van der Waals surface area (Å²) in [6, 6.07) is 4.05. The molecule has 0 saturated carbocycles. The summed E-state index contributed by atoms with van der Waals surface area (Å²) in [5, 5.41) is 13.6. The zero-order valence-electron chi connectivity index (χ0n) is 15.8. The number of carboxylic acid groups (broad SMARTS) is 1. The van der Waals surface area contributed by atoms with Crippen molar-refractivity contribution in [3.8, 4) is 11.1 Å². The highest BCUT2D eigenvalue weighted by molar-refractivity contribution is 5.77. The number of hydrogen-bond acceptors (Lipinski definition) is 3. The van der Waals surface area contributed by atoms with Crippen molar-refractivity contribution in [1.82, 2.24) is 15.8 Å². The van der Waals surface area contributed by atoms with Crippen LogP contribution >= 0.6 is 0 Å². The fraction of sp³-hybridized carbons (Fsp3) is 0.263. The first-order valence-corrected chi connectivity index (χ1v) is 8.66. The number of nitrogens with one attached hydrogen (secondary N) is 2. The molecule has 0 fully saturated rings. The van der Waals surface area contributed by atoms with Gasteiger partial charge in [0.2, 0.25) is 0 Å². The van der Waals surface area contributed by atoms with E-state index in [0.717, 1.165) is 24.3 Å². The molecular weight excluding hydrogens is 413 g/mol. The zero-order chi connectivity index (χ0) is 22.6. The highest BCUT2D eigenvalue weighted by Crippen LogP contribution is 2.39. The number of urea groups is 1. The Hall–Kier alpha value is -3.37. The third kappa shape index (κ3) is 5.16. The lowest BCUT2D eigenvalue weighted by molar-refractivity contribution is -0.255. The summed E-state index contributed by atoms with van der Waals surface area (Å²) in [4.78, 5) is 22.6. The second-order valence-corrected chi connectivity index (χ2v) is 6.21. The summed E-state index contributed by atoms with van der Waals surface area (Å²) >= 11 is 0. The largest absolute Gasteiger partial charge is 0.529 e. The second-order valence-electron chi connectivity index (χ2n) is 6.21. The van der Waals surface area contributed by atoms with Gasteiger partial charge in [-0.25, -0.2) is 18.6 Å². The Morgan fingerprint density at radius 1 is 1.13 bits per heavy atom. The topological polar surface area (TPSA) is 84.5 Å². The molecule has 30 heavy (non-hydrogen) atoms. The molecule has 0 saturated heterocycles. The molecule has 0 aliphatic carbocycles. The predicted molar refractivity (Wildman–Crippen MR) is 94.7 cm³/mol. The van der Waals surface area contributed by atoms with E-state index in [1.165, 1.54) is 19.9 Å². The van der Waals surface area contributed by atoms with Gasteiger partial charge < -0.3 is 15.2 Å². The van der Waals surface area contributed by atoms with Gasteiger partial charge in [0.25, 0.3) is 0 Å². The standard InChI is InChI=1S/C19H18F5N3O3/c1-3-27(26-18(29)30)17(28)25-10(2)12-8-7-11(9-15(12)21)13-5-4-6-14(20)16(13)19(22,23)24/h4-10,26H,3H2,1-2H3,(H,25,28)(H,29,30)/p-1. The highest BCUT2D eigenvalue weighted by atomic mass is 19.4. The zero-order valence-corrected chi connectivity index (χ0v) is 15.8. The van der Waals surface area contributed by atoms with Crippen LogP contribution in [-0.4, -0.2) is 23.7 Å². The fourth-order valence-corrected chi connectivity index (χ4v) is 2.82. The molecule has 2 N–H and O–H groups in total. The van der Waals surface area contributed by atoms with Crippen molar-refractivity contribution in [3.05, 3.63) is 59.2 Å². The SMILES string of the molecule is CCN(NC(=O)[O-])C(=O)NC(C)c1ccc(-c2cccc(F)c2C(F)(F)F)cc1F. The monoisotopic (exact) mass is 430 g/mol. The number of hydrazine groups is 1. The molecule has 0 aliphatic rings. The molecule has 0 heterocycles. The molecule has 0 radical (unpaired) electrons. The van der Waals surface area contributed by atoms with E-state index in [-0.39, 0.29) is 17.7 Å². The number of nitrogens with zero attached hydrogens (tertiary/aromatic N) is 1. The van der Waals surface area contributed by atoms with Gasteiger partial charge >= 0.3 is 12.2 Å². The Bertz CT molecular complexity index is 949. The van der Waals surface area contributed by atoms with Crippen LogP contribution in [-0.2, 0) is 6.18 Å². The van der Waals surface area contributed by atoms with E-state index in [1.807, 2.05) is 0 Å². The van der Waals surface area contributed by atoms with Gasteiger partial charge in [-0.15, -0.1) is 0 Å². The molecule has 0 bridgehead atoms. The molecule has 162 valence electrons. The van der Waals surface area contributed by atoms with E-state index >= 15 is 0 Å². The van der Waals surface area contributed by atoms with Crippen molar-refractivity contribution in [3.63, 3.8) is 0 Å². The quantitative estimate of drug-likeness (QED) is 0.574. The van der Waals surface area contributed by atoms with Crippen molar-refractivity contribution in [1.29, 1.82) is 0 Å². The Morgan fingerprint density at radius 3 is 2.33 bits per heavy atom. The average Bonchev–Trinajstić information content (AvgIpc) is 2.64. The molecule has 2 aromatic rings. The van der Waals surface area contributed by atoms with Crippen LogP contribution in [0.3, 0.4) is 0 Å². The minimum atomic E-state index is -4.98. The Labute approximate surface area is 168 Å². The summed E-state index contributed by atoms with van der Waals surface area (Å²) in [5.74, 6) is -2.42. The van der Waals surface area contributed by atoms with Crippen LogP contribution < -0.4 is 15.8 Å². The average molecular weight is 430 g/mol. The summed E-state index contributed by atoms with van der Waals surface area (Å²) in [6.07, 6.45) is -6.70. The molecule has 2 aromatic carbocycles. The van der Waals surface area contributed by atoms with Crippen molar-refractivity contribution in [2.45, 2.75) is 26.1 Å². The van der Waals surface area contributed by atoms with Crippen LogP contribution in [0.5, 0.6) is 0 Å². The maximum absolute atomic E-state index is 14.6. The fourth-order valence-electron chi connectivity index (χ4n) is 2.82. The van der Waals surface area contributed by atoms with Crippen LogP contribution in [0.25, 0.3) is 11.1 Å². The predicted octanol–water partition coefficient (Wildman–Crippen LogP) is 3.59. The molecule has 3 amide bonds. The number of rotatable bonds is 4. The van der Waals surface area contributed by atoms with Crippen LogP contribution in [0.15, 0.2) is 36.4 Å². The number of halogens is 5. The van der Waals surface area contributed by atoms with Crippen molar-refractivity contribution < 1.29 is 36.6 Å². The van der Waals surface area contributed by atoms with Gasteiger partial charge in [0, 0.05) is 12.1 Å². The van der Waals surface area contributed by atoms with Gasteiger partial charge in [0.1, 0.15) is 11.6 Å². The lowest BCUT2D eigenvalue weighted by Crippen LogP contribution is -2.54. The van der Waals surface area contributed by atoms with Gasteiger partial charge in [-0.05, 0) is 37.1 Å². The first-order valence-electron chi connectivity index (χ1n) is 8.66. The van der Waals surface area contributed by atoms with Crippen LogP contribution in [0.2, 0.25) is 0 Å². The number of amides is 3. The van der Waals surface area contributed by atoms with Crippen molar-refractivity contribution >= 4 is 12.1 Å². The van der Waals surface area contributed by atoms with E-state index in [4.69, 9.17) is 0 Å². The molecule has 1 unspecified atom stereocenters. The Morgan fingerprint density at radius 2 is 1.80 bits per heavy atom. The van der Waals surface area contributed by atoms with Crippen LogP contribution in [0, 0.1) is 11.6 Å². The number of benzene rings is 2. The summed E-state index contributed by atoms with van der Waals surface area (Å²) in [6.45, 7) is 2.83. The minimum Gasteiger partial charge on any atom is -0.529 e. The lowest BCUT2D eigenvalue weighted by Gasteiger charge is -2.25. The third-order valence-electron chi connectivity index (χ3n) is 4.20. The van der Waals surface area contributed by atoms with E-state index in [2.05, 4.69) is 5.32 Å². The Balaban J connectivity index is 2.31. The van der Waals surface area contributed by atoms with Crippen molar-refractivity contribution in [2.75, 3.05) is 6.54 Å². The third-order valence-corrected chi connectivity index (χ3v) is 4.20. The first kappa shape index (κ1) is 22.9. The van der Waals surface area contributed by atoms with Crippen molar-refractivity contribution in [2.24, 2.45) is 0 Å². The molecule has 0 spiro atoms. The summed E-state index contributed by atoms with van der Waals surface area (Å²) in [5.41, 5.74) is -0.555. The molecule has 0 aromatic heterocycles. The van der Waals surface area contributed by atoms with Gasteiger partial charge in [0.15, 0.2) is 6.09 Å². The Kier molecular flexibility index (Phi) is 6.85. The van der Waals surface area contributed by atoms with Gasteiger partial charge in [-0.1, -0.05) is 24.3 Å². The van der Waals surface area contributed by atoms with Crippen LogP contribution in [0.4, 0.5) is 31.5 Å². The molecule has 0 aliphatic heterocycles. The maximum Gasteiger partial charge on any atom is 0.419 e. The molecule has 6 nitrogen and oxygen atoms in total. The van der Waals surface area contributed by atoms with Gasteiger partial charge in [-0.2, -0.15) is 13.2 Å². The smallest absolute Gasteiger partial charge is 0.419 e. The second kappa shape index (κ2) is 8.97. The highest BCUT2D eigenvalue weighted by Gasteiger charge is 2.37. The molecule has 11 heteroatoms. The van der Waals surface area contributed by atoms with E-state index in [1.54, 1.807) is 5.43 Å².